The lowest BCUT2D eigenvalue weighted by atomic mass is 10.2. The van der Waals surface area contributed by atoms with E-state index in [4.69, 9.17) is 14.9 Å². The highest BCUT2D eigenvalue weighted by Crippen LogP contribution is 2.22. The summed E-state index contributed by atoms with van der Waals surface area (Å²) in [6.45, 7) is 4.37. The Morgan fingerprint density at radius 2 is 1.97 bits per heavy atom. The molecule has 7 nitrogen and oxygen atoms in total. The molecule has 0 radical (unpaired) electrons. The Balaban J connectivity index is 1.89. The van der Waals surface area contributed by atoms with Crippen molar-refractivity contribution in [1.29, 1.82) is 0 Å². The largest absolute Gasteiger partial charge is 0.497 e. The molecule has 2 N–H and O–H groups in total. The smallest absolute Gasteiger partial charge is 0.238 e. The third-order valence-electron chi connectivity index (χ3n) is 4.86. The minimum Gasteiger partial charge on any atom is -0.497 e. The number of methoxy groups -OCH3 is 1. The van der Waals surface area contributed by atoms with Crippen LogP contribution in [-0.4, -0.2) is 37.0 Å². The third-order valence-corrected chi connectivity index (χ3v) is 5.77. The first-order valence-corrected chi connectivity index (χ1v) is 11.2. The molecule has 0 aliphatic rings. The van der Waals surface area contributed by atoms with Gasteiger partial charge in [0.1, 0.15) is 11.6 Å². The minimum atomic E-state index is -3.76. The third kappa shape index (κ3) is 5.14. The molecule has 3 rings (SSSR count). The number of ether oxygens (including phenoxy) is 1. The number of fused-ring (bicyclic) bond motifs is 1. The predicted octanol–water partition coefficient (Wildman–Crippen LogP) is 3.12. The van der Waals surface area contributed by atoms with Gasteiger partial charge in [-0.3, -0.25) is 4.90 Å². The maximum Gasteiger partial charge on any atom is 0.238 e. The molecule has 1 aromatic heterocycles. The number of unbranched alkanes of at least 4 members (excludes halogenated alkanes) is 1. The average Bonchev–Trinajstić information content (AvgIpc) is 3.01. The van der Waals surface area contributed by atoms with Crippen molar-refractivity contribution in [3.63, 3.8) is 0 Å². The Morgan fingerprint density at radius 3 is 2.66 bits per heavy atom. The molecular formula is C21H28N4O3S. The Hall–Kier alpha value is -2.42. The molecule has 2 aromatic carbocycles. The number of nitrogens with two attached hydrogens (primary N) is 1. The van der Waals surface area contributed by atoms with Gasteiger partial charge < -0.3 is 9.30 Å². The molecule has 0 aliphatic carbocycles. The fourth-order valence-electron chi connectivity index (χ4n) is 3.40. The first-order valence-electron chi connectivity index (χ1n) is 9.65. The number of hydrogen-bond acceptors (Lipinski definition) is 5. The number of sulfonamides is 1. The first kappa shape index (κ1) is 21.3. The van der Waals surface area contributed by atoms with Crippen molar-refractivity contribution in [3.8, 4) is 5.75 Å². The molecule has 0 atom stereocenters. The summed E-state index contributed by atoms with van der Waals surface area (Å²) in [5, 5.41) is 5.28. The summed E-state index contributed by atoms with van der Waals surface area (Å²) in [5.74, 6) is 1.74. The number of nitrogens with zero attached hydrogens (tertiary/aromatic N) is 3. The van der Waals surface area contributed by atoms with Crippen molar-refractivity contribution < 1.29 is 13.2 Å². The fraction of sp³-hybridized carbons (Fsp3) is 0.381. The highest BCUT2D eigenvalue weighted by Gasteiger charge is 2.16. The van der Waals surface area contributed by atoms with Gasteiger partial charge in [-0.1, -0.05) is 25.5 Å². The Kier molecular flexibility index (Phi) is 6.56. The summed E-state index contributed by atoms with van der Waals surface area (Å²) in [6, 6.07) is 12.9. The van der Waals surface area contributed by atoms with E-state index in [0.29, 0.717) is 12.1 Å². The molecule has 0 unspecified atom stereocenters. The summed E-state index contributed by atoms with van der Waals surface area (Å²) in [4.78, 5) is 7.00. The quantitative estimate of drug-likeness (QED) is 0.579. The Morgan fingerprint density at radius 1 is 1.17 bits per heavy atom. The minimum absolute atomic E-state index is 0.0847. The normalized spacial score (nSPS) is 12.0. The van der Waals surface area contributed by atoms with Crippen LogP contribution in [0.2, 0.25) is 0 Å². The van der Waals surface area contributed by atoms with Gasteiger partial charge in [-0.15, -0.1) is 0 Å². The van der Waals surface area contributed by atoms with Crippen LogP contribution in [0.3, 0.4) is 0 Å². The maximum atomic E-state index is 11.7. The molecule has 0 saturated carbocycles. The number of rotatable bonds is 9. The van der Waals surface area contributed by atoms with Crippen molar-refractivity contribution in [2.24, 2.45) is 5.14 Å². The van der Waals surface area contributed by atoms with Crippen molar-refractivity contribution >= 4 is 21.1 Å². The topological polar surface area (TPSA) is 90.4 Å². The van der Waals surface area contributed by atoms with E-state index >= 15 is 0 Å². The summed E-state index contributed by atoms with van der Waals surface area (Å²) >= 11 is 0. The van der Waals surface area contributed by atoms with Gasteiger partial charge in [-0.2, -0.15) is 0 Å². The van der Waals surface area contributed by atoms with Gasteiger partial charge in [0, 0.05) is 13.1 Å². The van der Waals surface area contributed by atoms with Crippen molar-refractivity contribution in [3.05, 3.63) is 53.9 Å². The Bertz CT molecular complexity index is 1090. The first-order chi connectivity index (χ1) is 13.8. The van der Waals surface area contributed by atoms with E-state index in [0.717, 1.165) is 48.6 Å². The van der Waals surface area contributed by atoms with Gasteiger partial charge in [-0.25, -0.2) is 18.5 Å². The van der Waals surface area contributed by atoms with Gasteiger partial charge in [0.25, 0.3) is 0 Å². The zero-order chi connectivity index (χ0) is 21.0. The lowest BCUT2D eigenvalue weighted by Crippen LogP contribution is -2.20. The molecule has 0 fully saturated rings. The molecule has 1 heterocycles. The zero-order valence-corrected chi connectivity index (χ0v) is 17.9. The molecule has 0 bridgehead atoms. The van der Waals surface area contributed by atoms with Crippen LogP contribution >= 0.6 is 0 Å². The number of primary sulfonamides is 1. The van der Waals surface area contributed by atoms with Gasteiger partial charge in [0.15, 0.2) is 0 Å². The summed E-state index contributed by atoms with van der Waals surface area (Å²) in [5.41, 5.74) is 2.73. The lowest BCUT2D eigenvalue weighted by Gasteiger charge is -2.18. The van der Waals surface area contributed by atoms with Crippen molar-refractivity contribution in [2.45, 2.75) is 44.3 Å². The molecule has 0 saturated heterocycles. The lowest BCUT2D eigenvalue weighted by molar-refractivity contribution is 0.304. The number of hydrogen-bond donors (Lipinski definition) is 1. The standard InChI is InChI=1S/C21H28N4O3S/c1-4-5-11-25-20-10-9-18(29(22,26)27)13-19(20)23-21(25)15-24(2)14-16-7-6-8-17(12-16)28-3/h6-10,12-13H,4-5,11,14-15H2,1-3H3,(H2,22,26,27). The van der Waals surface area contributed by atoms with E-state index in [2.05, 4.69) is 22.5 Å². The summed E-state index contributed by atoms with van der Waals surface area (Å²) in [6.07, 6.45) is 2.09. The molecule has 156 valence electrons. The second-order valence-corrected chi connectivity index (χ2v) is 8.81. The summed E-state index contributed by atoms with van der Waals surface area (Å²) < 4.78 is 30.9. The van der Waals surface area contributed by atoms with Gasteiger partial charge in [0.2, 0.25) is 10.0 Å². The van der Waals surface area contributed by atoms with Crippen LogP contribution in [0.25, 0.3) is 11.0 Å². The highest BCUT2D eigenvalue weighted by molar-refractivity contribution is 7.89. The van der Waals surface area contributed by atoms with Crippen LogP contribution in [0, 0.1) is 0 Å². The molecule has 0 amide bonds. The SMILES string of the molecule is CCCCn1c(CN(C)Cc2cccc(OC)c2)nc2cc(S(N)(=O)=O)ccc21. The van der Waals surface area contributed by atoms with E-state index < -0.39 is 10.0 Å². The van der Waals surface area contributed by atoms with Crippen LogP contribution in [0.4, 0.5) is 0 Å². The average molecular weight is 417 g/mol. The van der Waals surface area contributed by atoms with Crippen molar-refractivity contribution in [1.82, 2.24) is 14.5 Å². The van der Waals surface area contributed by atoms with Crippen LogP contribution in [0.1, 0.15) is 31.2 Å². The predicted molar refractivity (Wildman–Crippen MR) is 114 cm³/mol. The zero-order valence-electron chi connectivity index (χ0n) is 17.1. The van der Waals surface area contributed by atoms with E-state index in [1.54, 1.807) is 25.3 Å². The van der Waals surface area contributed by atoms with Crippen LogP contribution < -0.4 is 9.88 Å². The van der Waals surface area contributed by atoms with Gasteiger partial charge >= 0.3 is 0 Å². The van der Waals surface area contributed by atoms with E-state index in [1.807, 2.05) is 25.2 Å². The second kappa shape index (κ2) is 8.94. The molecule has 29 heavy (non-hydrogen) atoms. The van der Waals surface area contributed by atoms with Gasteiger partial charge in [-0.05, 0) is 49.4 Å². The second-order valence-electron chi connectivity index (χ2n) is 7.25. The monoisotopic (exact) mass is 416 g/mol. The maximum absolute atomic E-state index is 11.7. The number of imidazole rings is 1. The van der Waals surface area contributed by atoms with Crippen LogP contribution in [0.15, 0.2) is 47.4 Å². The number of aryl methyl sites for hydroxylation is 1. The number of benzene rings is 2. The van der Waals surface area contributed by atoms with Crippen LogP contribution in [0.5, 0.6) is 5.75 Å². The van der Waals surface area contributed by atoms with E-state index in [9.17, 15) is 8.42 Å². The molecule has 0 spiro atoms. The molecule has 8 heteroatoms. The molecule has 3 aromatic rings. The van der Waals surface area contributed by atoms with E-state index in [1.165, 1.54) is 0 Å². The summed E-state index contributed by atoms with van der Waals surface area (Å²) in [7, 11) is -0.0549. The number of aromatic nitrogens is 2. The van der Waals surface area contributed by atoms with Crippen molar-refractivity contribution in [2.75, 3.05) is 14.2 Å². The van der Waals surface area contributed by atoms with Gasteiger partial charge in [0.05, 0.1) is 29.6 Å². The van der Waals surface area contributed by atoms with Crippen LogP contribution in [-0.2, 0) is 29.7 Å². The van der Waals surface area contributed by atoms with E-state index in [-0.39, 0.29) is 4.90 Å². The Labute approximate surface area is 172 Å². The molecule has 0 aliphatic heterocycles. The molecular weight excluding hydrogens is 388 g/mol. The fourth-order valence-corrected chi connectivity index (χ4v) is 3.94. The highest BCUT2D eigenvalue weighted by atomic mass is 32.2.